The van der Waals surface area contributed by atoms with E-state index in [0.717, 1.165) is 23.7 Å². The van der Waals surface area contributed by atoms with Gasteiger partial charge in [-0.15, -0.1) is 0 Å². The Balaban J connectivity index is 2.29. The quantitative estimate of drug-likeness (QED) is 0.612. The van der Waals surface area contributed by atoms with Gasteiger partial charge in [-0.25, -0.2) is 0 Å². The van der Waals surface area contributed by atoms with E-state index in [2.05, 4.69) is 53.1 Å². The van der Waals surface area contributed by atoms with E-state index < -0.39 is 16.1 Å². The van der Waals surface area contributed by atoms with E-state index in [4.69, 9.17) is 4.74 Å². The van der Waals surface area contributed by atoms with Gasteiger partial charge < -0.3 is 4.74 Å². The third kappa shape index (κ3) is 3.50. The molecule has 0 N–H and O–H groups in total. The first-order chi connectivity index (χ1) is 9.59. The number of hydrogen-bond acceptors (Lipinski definition) is 1. The van der Waals surface area contributed by atoms with Gasteiger partial charge in [-0.3, -0.25) is 0 Å². The predicted molar refractivity (Wildman–Crippen MR) is 99.1 cm³/mol. The molecule has 2 aliphatic rings. The Bertz CT molecular complexity index is 321. The third-order valence-electron chi connectivity index (χ3n) is 6.19. The zero-order valence-corrected chi connectivity index (χ0v) is 17.7. The third-order valence-corrected chi connectivity index (χ3v) is 10.7. The van der Waals surface area contributed by atoms with E-state index in [9.17, 15) is 0 Å². The topological polar surface area (TPSA) is 9.23 Å². The Labute approximate surface area is 135 Å². The van der Waals surface area contributed by atoms with Crippen molar-refractivity contribution < 1.29 is 4.74 Å². The van der Waals surface area contributed by atoms with Crippen molar-refractivity contribution in [1.29, 1.82) is 0 Å². The van der Waals surface area contributed by atoms with Gasteiger partial charge in [0.05, 0.1) is 27.6 Å². The Morgan fingerprint density at radius 1 is 0.714 bits per heavy atom. The van der Waals surface area contributed by atoms with Gasteiger partial charge in [0.1, 0.15) is 0 Å². The molecule has 6 unspecified atom stereocenters. The van der Waals surface area contributed by atoms with Crippen LogP contribution in [0.5, 0.6) is 0 Å². The van der Waals surface area contributed by atoms with E-state index in [-0.39, 0.29) is 0 Å². The summed E-state index contributed by atoms with van der Waals surface area (Å²) in [7, 11) is -2.46. The zero-order valence-electron chi connectivity index (χ0n) is 15.7. The van der Waals surface area contributed by atoms with Crippen molar-refractivity contribution in [3.8, 4) is 0 Å². The van der Waals surface area contributed by atoms with Gasteiger partial charge in [0.25, 0.3) is 0 Å². The van der Waals surface area contributed by atoms with Crippen LogP contribution in [0.15, 0.2) is 0 Å². The number of hydrogen-bond donors (Lipinski definition) is 0. The van der Waals surface area contributed by atoms with Gasteiger partial charge in [-0.05, 0) is 36.5 Å². The first-order valence-corrected chi connectivity index (χ1v) is 16.4. The average molecular weight is 327 g/mol. The summed E-state index contributed by atoms with van der Waals surface area (Å²) in [5.74, 6) is 3.67. The molecule has 0 amide bonds. The first kappa shape index (κ1) is 17.7. The summed E-state index contributed by atoms with van der Waals surface area (Å²) in [5.41, 5.74) is 1.23. The van der Waals surface area contributed by atoms with Crippen molar-refractivity contribution in [2.45, 2.75) is 90.3 Å². The van der Waals surface area contributed by atoms with Gasteiger partial charge in [-0.1, -0.05) is 66.0 Å². The van der Waals surface area contributed by atoms with Crippen LogP contribution in [0.1, 0.15) is 39.5 Å². The molecule has 0 aromatic rings. The molecule has 1 aliphatic heterocycles. The lowest BCUT2D eigenvalue weighted by Crippen LogP contribution is -2.45. The fraction of sp³-hybridized carbons (Fsp3) is 1.00. The lowest BCUT2D eigenvalue weighted by Gasteiger charge is -2.42. The molecule has 2 fully saturated rings. The molecule has 6 atom stereocenters. The summed E-state index contributed by atoms with van der Waals surface area (Å²) < 4.78 is 6.85. The van der Waals surface area contributed by atoms with Crippen molar-refractivity contribution in [2.75, 3.05) is 0 Å². The van der Waals surface area contributed by atoms with E-state index in [1.54, 1.807) is 0 Å². The Morgan fingerprint density at radius 2 is 1.05 bits per heavy atom. The Hall–Kier alpha value is 0.394. The summed E-state index contributed by atoms with van der Waals surface area (Å²) in [6, 6.07) is 0. The minimum atomic E-state index is -1.23. The molecule has 1 aliphatic carbocycles. The average Bonchev–Trinajstić information content (AvgIpc) is 2.74. The van der Waals surface area contributed by atoms with E-state index >= 15 is 0 Å². The van der Waals surface area contributed by atoms with Gasteiger partial charge in [0, 0.05) is 0 Å². The molecule has 21 heavy (non-hydrogen) atoms. The summed E-state index contributed by atoms with van der Waals surface area (Å²) in [4.78, 5) is 0. The normalized spacial score (nSPS) is 41.1. The van der Waals surface area contributed by atoms with Crippen molar-refractivity contribution in [3.63, 3.8) is 0 Å². The molecule has 0 aromatic heterocycles. The molecule has 3 heteroatoms. The predicted octanol–water partition coefficient (Wildman–Crippen LogP) is 5.59. The molecule has 1 nitrogen and oxygen atoms in total. The minimum Gasteiger partial charge on any atom is -0.381 e. The number of fused-ring (bicyclic) bond motifs is 1. The standard InChI is InChI=1S/C18H38OSi2/c1-9-13-11-15-16(12-14(13)10-2)18(21(6,7)8)19-17(15)20(3,4)5/h13-18H,9-12H2,1-8H3. The molecule has 0 bridgehead atoms. The van der Waals surface area contributed by atoms with E-state index in [1.807, 2.05) is 0 Å². The van der Waals surface area contributed by atoms with Crippen LogP contribution >= 0.6 is 0 Å². The van der Waals surface area contributed by atoms with Crippen LogP contribution in [0.3, 0.4) is 0 Å². The van der Waals surface area contributed by atoms with Gasteiger partial charge >= 0.3 is 0 Å². The molecular weight excluding hydrogens is 288 g/mol. The van der Waals surface area contributed by atoms with Crippen LogP contribution in [0.25, 0.3) is 0 Å². The SMILES string of the molecule is CCC1CC2C(CC1CC)C([Si](C)(C)C)OC2[Si](C)(C)C. The second-order valence-corrected chi connectivity index (χ2v) is 20.4. The number of ether oxygens (including phenoxy) is 1. The summed E-state index contributed by atoms with van der Waals surface area (Å²) >= 11 is 0. The van der Waals surface area contributed by atoms with Crippen molar-refractivity contribution in [2.24, 2.45) is 23.7 Å². The fourth-order valence-electron chi connectivity index (χ4n) is 5.18. The van der Waals surface area contributed by atoms with Crippen molar-refractivity contribution >= 4 is 16.1 Å². The fourth-order valence-corrected chi connectivity index (χ4v) is 9.76. The van der Waals surface area contributed by atoms with Crippen LogP contribution < -0.4 is 0 Å². The zero-order chi connectivity index (χ0) is 16.0. The summed E-state index contributed by atoms with van der Waals surface area (Å²) in [5, 5.41) is 0. The Kier molecular flexibility index (Phi) is 5.17. The van der Waals surface area contributed by atoms with Crippen molar-refractivity contribution in [3.05, 3.63) is 0 Å². The lowest BCUT2D eigenvalue weighted by molar-refractivity contribution is 0.109. The van der Waals surface area contributed by atoms with Gasteiger partial charge in [0.15, 0.2) is 0 Å². The number of rotatable bonds is 4. The maximum absolute atomic E-state index is 6.85. The maximum Gasteiger partial charge on any atom is 0.0789 e. The second kappa shape index (κ2) is 6.12. The highest BCUT2D eigenvalue weighted by molar-refractivity contribution is 6.79. The highest BCUT2D eigenvalue weighted by Gasteiger charge is 2.55. The summed E-state index contributed by atoms with van der Waals surface area (Å²) in [6.07, 6.45) is 5.65. The highest BCUT2D eigenvalue weighted by atomic mass is 28.3. The van der Waals surface area contributed by atoms with Crippen LogP contribution in [-0.4, -0.2) is 27.6 Å². The lowest BCUT2D eigenvalue weighted by atomic mass is 9.67. The Morgan fingerprint density at radius 3 is 1.29 bits per heavy atom. The minimum absolute atomic E-state index is 0.617. The molecule has 1 saturated heterocycles. The van der Waals surface area contributed by atoms with Crippen LogP contribution in [0.2, 0.25) is 39.3 Å². The molecule has 0 aromatic carbocycles. The summed E-state index contributed by atoms with van der Waals surface area (Å²) in [6.45, 7) is 19.9. The first-order valence-electron chi connectivity index (χ1n) is 9.25. The molecule has 1 heterocycles. The monoisotopic (exact) mass is 326 g/mol. The second-order valence-electron chi connectivity index (χ2n) is 9.85. The molecule has 2 rings (SSSR count). The maximum atomic E-state index is 6.85. The molecule has 124 valence electrons. The molecule has 0 spiro atoms. The van der Waals surface area contributed by atoms with Crippen LogP contribution in [0.4, 0.5) is 0 Å². The van der Waals surface area contributed by atoms with Crippen LogP contribution in [0, 0.1) is 23.7 Å². The largest absolute Gasteiger partial charge is 0.381 e. The van der Waals surface area contributed by atoms with E-state index in [1.165, 1.54) is 25.7 Å². The highest BCUT2D eigenvalue weighted by Crippen LogP contribution is 2.52. The van der Waals surface area contributed by atoms with Gasteiger partial charge in [-0.2, -0.15) is 0 Å². The van der Waals surface area contributed by atoms with Gasteiger partial charge in [0.2, 0.25) is 0 Å². The molecule has 1 saturated carbocycles. The van der Waals surface area contributed by atoms with Crippen molar-refractivity contribution in [1.82, 2.24) is 0 Å². The van der Waals surface area contributed by atoms with E-state index in [0.29, 0.717) is 11.5 Å². The molecular formula is C18H38OSi2. The smallest absolute Gasteiger partial charge is 0.0789 e. The van der Waals surface area contributed by atoms with Crippen LogP contribution in [-0.2, 0) is 4.74 Å². The molecule has 0 radical (unpaired) electrons.